The van der Waals surface area contributed by atoms with Gasteiger partial charge in [-0.1, -0.05) is 24.3 Å². The van der Waals surface area contributed by atoms with Crippen LogP contribution in [0.2, 0.25) is 0 Å². The second-order valence-corrected chi connectivity index (χ2v) is 9.27. The number of anilines is 1. The van der Waals surface area contributed by atoms with E-state index in [1.54, 1.807) is 35.7 Å². The van der Waals surface area contributed by atoms with E-state index in [0.29, 0.717) is 11.4 Å². The molecule has 0 radical (unpaired) electrons. The van der Waals surface area contributed by atoms with Crippen molar-refractivity contribution in [1.29, 1.82) is 0 Å². The Hall–Kier alpha value is -3.04. The van der Waals surface area contributed by atoms with Gasteiger partial charge in [-0.15, -0.1) is 11.3 Å². The number of pyridine rings is 1. The first-order valence-electron chi connectivity index (χ1n) is 11.3. The zero-order chi connectivity index (χ0) is 23.9. The van der Waals surface area contributed by atoms with Crippen LogP contribution in [0.25, 0.3) is 20.7 Å². The first-order chi connectivity index (χ1) is 16.5. The zero-order valence-electron chi connectivity index (χ0n) is 19.5. The van der Waals surface area contributed by atoms with Crippen molar-refractivity contribution in [3.8, 4) is 21.9 Å². The third-order valence-electron chi connectivity index (χ3n) is 5.46. The molecule has 2 heterocycles. The summed E-state index contributed by atoms with van der Waals surface area (Å²) in [6.07, 6.45) is 1.68. The SMILES string of the molecule is CNCCNCCN(C)Cc1ccc(-c2cc3nccc(Oc4ccc(N)cc4F)c3s2)cc1. The highest BCUT2D eigenvalue weighted by molar-refractivity contribution is 7.22. The topological polar surface area (TPSA) is 75.4 Å². The zero-order valence-corrected chi connectivity index (χ0v) is 20.3. The number of rotatable bonds is 11. The molecule has 0 aliphatic rings. The molecule has 0 aliphatic heterocycles. The van der Waals surface area contributed by atoms with Crippen LogP contribution in [0, 0.1) is 5.82 Å². The molecule has 6 nitrogen and oxygen atoms in total. The third kappa shape index (κ3) is 6.09. The summed E-state index contributed by atoms with van der Waals surface area (Å²) in [5.41, 5.74) is 9.21. The fourth-order valence-electron chi connectivity index (χ4n) is 3.63. The molecule has 0 spiro atoms. The minimum absolute atomic E-state index is 0.141. The number of thiophene rings is 1. The minimum Gasteiger partial charge on any atom is -0.453 e. The van der Waals surface area contributed by atoms with Crippen molar-refractivity contribution in [1.82, 2.24) is 20.5 Å². The maximum Gasteiger partial charge on any atom is 0.167 e. The van der Waals surface area contributed by atoms with E-state index in [-0.39, 0.29) is 5.75 Å². The van der Waals surface area contributed by atoms with E-state index in [1.165, 1.54) is 11.6 Å². The predicted molar refractivity (Wildman–Crippen MR) is 139 cm³/mol. The Kier molecular flexibility index (Phi) is 8.08. The summed E-state index contributed by atoms with van der Waals surface area (Å²) in [5, 5.41) is 6.56. The van der Waals surface area contributed by atoms with E-state index in [1.807, 2.05) is 13.1 Å². The fraction of sp³-hybridized carbons (Fsp3) is 0.269. The van der Waals surface area contributed by atoms with Gasteiger partial charge in [-0.2, -0.15) is 0 Å². The smallest absolute Gasteiger partial charge is 0.167 e. The molecule has 0 saturated heterocycles. The summed E-state index contributed by atoms with van der Waals surface area (Å²) in [6.45, 7) is 4.81. The number of hydrogen-bond acceptors (Lipinski definition) is 7. The molecule has 0 fully saturated rings. The van der Waals surface area contributed by atoms with Crippen LogP contribution in [0.5, 0.6) is 11.5 Å². The lowest BCUT2D eigenvalue weighted by atomic mass is 10.1. The van der Waals surface area contributed by atoms with E-state index >= 15 is 0 Å². The van der Waals surface area contributed by atoms with Gasteiger partial charge in [-0.3, -0.25) is 4.98 Å². The van der Waals surface area contributed by atoms with Gasteiger partial charge in [0.1, 0.15) is 5.75 Å². The van der Waals surface area contributed by atoms with E-state index in [4.69, 9.17) is 10.5 Å². The Balaban J connectivity index is 1.44. The molecule has 0 saturated carbocycles. The second-order valence-electron chi connectivity index (χ2n) is 8.21. The van der Waals surface area contributed by atoms with Gasteiger partial charge in [-0.25, -0.2) is 4.39 Å². The lowest BCUT2D eigenvalue weighted by molar-refractivity contribution is 0.324. The van der Waals surface area contributed by atoms with Gasteiger partial charge in [-0.05, 0) is 43.4 Å². The lowest BCUT2D eigenvalue weighted by Crippen LogP contribution is -2.32. The molecule has 0 amide bonds. The van der Waals surface area contributed by atoms with Crippen molar-refractivity contribution in [2.75, 3.05) is 46.0 Å². The van der Waals surface area contributed by atoms with Gasteiger partial charge >= 0.3 is 0 Å². The number of ether oxygens (including phenoxy) is 1. The standard InChI is InChI=1S/C26H30FN5OS/c1-29-11-12-30-13-14-32(2)17-18-3-5-19(6-4-18)25-16-22-26(34-25)24(9-10-31-22)33-23-8-7-20(28)15-21(23)27/h3-10,15-16,29-30H,11-14,17,28H2,1-2H3. The third-order valence-corrected chi connectivity index (χ3v) is 6.65. The van der Waals surface area contributed by atoms with Crippen LogP contribution < -0.4 is 21.1 Å². The number of nitrogens with zero attached hydrogens (tertiary/aromatic N) is 2. The molecule has 4 aromatic rings. The number of nitrogen functional groups attached to an aromatic ring is 1. The maximum absolute atomic E-state index is 14.2. The minimum atomic E-state index is -0.490. The molecular formula is C26H30FN5OS. The highest BCUT2D eigenvalue weighted by atomic mass is 32.1. The summed E-state index contributed by atoms with van der Waals surface area (Å²) in [4.78, 5) is 7.87. The lowest BCUT2D eigenvalue weighted by Gasteiger charge is -2.17. The number of benzene rings is 2. The Morgan fingerprint density at radius 3 is 2.62 bits per heavy atom. The fourth-order valence-corrected chi connectivity index (χ4v) is 4.70. The van der Waals surface area contributed by atoms with E-state index in [9.17, 15) is 4.39 Å². The predicted octanol–water partition coefficient (Wildman–Crippen LogP) is 4.72. The van der Waals surface area contributed by atoms with E-state index in [2.05, 4.69) is 51.8 Å². The van der Waals surface area contributed by atoms with Crippen LogP contribution >= 0.6 is 11.3 Å². The molecule has 8 heteroatoms. The Morgan fingerprint density at radius 1 is 1.03 bits per heavy atom. The summed E-state index contributed by atoms with van der Waals surface area (Å²) in [7, 11) is 4.10. The molecule has 0 bridgehead atoms. The molecule has 0 atom stereocenters. The molecule has 178 valence electrons. The normalized spacial score (nSPS) is 11.4. The Labute approximate surface area is 203 Å². The molecule has 0 aliphatic carbocycles. The first kappa shape index (κ1) is 24.1. The molecular weight excluding hydrogens is 449 g/mol. The van der Waals surface area contributed by atoms with Gasteiger partial charge in [0.25, 0.3) is 0 Å². The van der Waals surface area contributed by atoms with Gasteiger partial charge in [0, 0.05) is 61.6 Å². The van der Waals surface area contributed by atoms with Gasteiger partial charge in [0.2, 0.25) is 0 Å². The van der Waals surface area contributed by atoms with Crippen molar-refractivity contribution in [2.24, 2.45) is 0 Å². The average Bonchev–Trinajstić information content (AvgIpc) is 3.26. The maximum atomic E-state index is 14.2. The van der Waals surface area contributed by atoms with Gasteiger partial charge < -0.3 is 26.0 Å². The van der Waals surface area contributed by atoms with Crippen LogP contribution in [-0.2, 0) is 6.54 Å². The van der Waals surface area contributed by atoms with Crippen LogP contribution in [0.4, 0.5) is 10.1 Å². The van der Waals surface area contributed by atoms with Crippen molar-refractivity contribution in [3.05, 3.63) is 72.2 Å². The number of nitrogens with two attached hydrogens (primary N) is 1. The number of halogens is 1. The van der Waals surface area contributed by atoms with Crippen LogP contribution in [0.3, 0.4) is 0 Å². The van der Waals surface area contributed by atoms with E-state index < -0.39 is 5.82 Å². The van der Waals surface area contributed by atoms with Gasteiger partial charge in [0.15, 0.2) is 11.6 Å². The number of likely N-dealkylation sites (N-methyl/N-ethyl adjacent to an activating group) is 2. The Morgan fingerprint density at radius 2 is 1.85 bits per heavy atom. The van der Waals surface area contributed by atoms with Crippen LogP contribution in [-0.4, -0.2) is 50.2 Å². The highest BCUT2D eigenvalue weighted by Gasteiger charge is 2.13. The average molecular weight is 480 g/mol. The summed E-state index contributed by atoms with van der Waals surface area (Å²) in [6, 6.07) is 16.8. The molecule has 4 N–H and O–H groups in total. The summed E-state index contributed by atoms with van der Waals surface area (Å²) in [5.74, 6) is 0.227. The summed E-state index contributed by atoms with van der Waals surface area (Å²) >= 11 is 1.58. The largest absolute Gasteiger partial charge is 0.453 e. The van der Waals surface area contributed by atoms with Gasteiger partial charge in [0.05, 0.1) is 10.2 Å². The summed E-state index contributed by atoms with van der Waals surface area (Å²) < 4.78 is 21.0. The number of aromatic nitrogens is 1. The molecule has 4 rings (SSSR count). The number of fused-ring (bicyclic) bond motifs is 1. The Bertz CT molecular complexity index is 1230. The second kappa shape index (κ2) is 11.4. The van der Waals surface area contributed by atoms with Crippen molar-refractivity contribution >= 4 is 27.2 Å². The molecule has 2 aromatic heterocycles. The first-order valence-corrected chi connectivity index (χ1v) is 12.1. The van der Waals surface area contributed by atoms with Crippen LogP contribution in [0.1, 0.15) is 5.56 Å². The molecule has 34 heavy (non-hydrogen) atoms. The van der Waals surface area contributed by atoms with Crippen molar-refractivity contribution in [3.63, 3.8) is 0 Å². The number of hydrogen-bond donors (Lipinski definition) is 3. The molecule has 2 aromatic carbocycles. The van der Waals surface area contributed by atoms with Crippen molar-refractivity contribution < 1.29 is 9.13 Å². The molecule has 0 unspecified atom stereocenters. The highest BCUT2D eigenvalue weighted by Crippen LogP contribution is 2.39. The quantitative estimate of drug-likeness (QED) is 0.214. The van der Waals surface area contributed by atoms with Crippen molar-refractivity contribution in [2.45, 2.75) is 6.54 Å². The van der Waals surface area contributed by atoms with Crippen LogP contribution in [0.15, 0.2) is 60.8 Å². The monoisotopic (exact) mass is 479 g/mol. The number of nitrogens with one attached hydrogen (secondary N) is 2. The van der Waals surface area contributed by atoms with E-state index in [0.717, 1.165) is 53.4 Å².